The van der Waals surface area contributed by atoms with Gasteiger partial charge in [0.05, 0.1) is 12.8 Å². The smallest absolute Gasteiger partial charge is 0.325 e. The Morgan fingerprint density at radius 3 is 2.62 bits per heavy atom. The molecule has 1 saturated heterocycles. The maximum absolute atomic E-state index is 12.8. The predicted octanol–water partition coefficient (Wildman–Crippen LogP) is 2.08. The second kappa shape index (κ2) is 8.86. The van der Waals surface area contributed by atoms with Crippen LogP contribution in [0.4, 0.5) is 4.79 Å². The fourth-order valence-electron chi connectivity index (χ4n) is 4.27. The van der Waals surface area contributed by atoms with Gasteiger partial charge in [0.1, 0.15) is 17.3 Å². The van der Waals surface area contributed by atoms with Crippen molar-refractivity contribution in [2.24, 2.45) is 0 Å². The zero-order valence-electron chi connectivity index (χ0n) is 17.8. The highest BCUT2D eigenvalue weighted by Gasteiger charge is 2.54. The lowest BCUT2D eigenvalue weighted by Crippen LogP contribution is -2.49. The normalized spacial score (nSPS) is 18.0. The highest BCUT2D eigenvalue weighted by molar-refractivity contribution is 6.10. The van der Waals surface area contributed by atoms with Crippen LogP contribution in [0.3, 0.4) is 0 Å². The van der Waals surface area contributed by atoms with Crippen LogP contribution in [0.5, 0.6) is 0 Å². The third-order valence-electron chi connectivity index (χ3n) is 6.08. The molecule has 1 spiro atoms. The van der Waals surface area contributed by atoms with E-state index >= 15 is 0 Å². The van der Waals surface area contributed by atoms with E-state index in [4.69, 9.17) is 4.42 Å². The fourth-order valence-corrected chi connectivity index (χ4v) is 4.27. The lowest BCUT2D eigenvalue weighted by Gasteiger charge is -2.23. The van der Waals surface area contributed by atoms with Gasteiger partial charge < -0.3 is 20.4 Å². The van der Waals surface area contributed by atoms with Crippen molar-refractivity contribution in [3.05, 3.63) is 59.5 Å². The summed E-state index contributed by atoms with van der Waals surface area (Å²) in [6.45, 7) is 1.98. The molecular formula is C23H26N4O5. The minimum atomic E-state index is -0.928. The highest BCUT2D eigenvalue weighted by Crippen LogP contribution is 2.35. The second-order valence-corrected chi connectivity index (χ2v) is 8.25. The van der Waals surface area contributed by atoms with Crippen LogP contribution in [0.15, 0.2) is 47.1 Å². The van der Waals surface area contributed by atoms with Crippen molar-refractivity contribution in [3.63, 3.8) is 0 Å². The lowest BCUT2D eigenvalue weighted by atomic mass is 9.97. The number of urea groups is 1. The summed E-state index contributed by atoms with van der Waals surface area (Å²) in [6, 6.07) is 8.95. The Balaban J connectivity index is 1.33. The van der Waals surface area contributed by atoms with E-state index < -0.39 is 23.5 Å². The molecule has 2 fully saturated rings. The van der Waals surface area contributed by atoms with E-state index in [1.807, 2.05) is 0 Å². The topological polar surface area (TPSA) is 121 Å². The van der Waals surface area contributed by atoms with Crippen molar-refractivity contribution in [1.29, 1.82) is 0 Å². The van der Waals surface area contributed by atoms with Gasteiger partial charge in [0.15, 0.2) is 0 Å². The molecule has 9 heteroatoms. The molecule has 1 saturated carbocycles. The number of furan rings is 1. The third kappa shape index (κ3) is 4.23. The van der Waals surface area contributed by atoms with Crippen molar-refractivity contribution in [2.45, 2.75) is 57.3 Å². The number of carbonyl (C=O) groups excluding carboxylic acids is 4. The Morgan fingerprint density at radius 2 is 1.91 bits per heavy atom. The molecule has 2 aromatic rings. The quantitative estimate of drug-likeness (QED) is 0.572. The Kier molecular flexibility index (Phi) is 5.98. The van der Waals surface area contributed by atoms with E-state index in [-0.39, 0.29) is 24.9 Å². The lowest BCUT2D eigenvalue weighted by molar-refractivity contribution is -0.137. The zero-order valence-corrected chi connectivity index (χ0v) is 17.8. The van der Waals surface area contributed by atoms with E-state index in [0.29, 0.717) is 24.2 Å². The minimum absolute atomic E-state index is 0.164. The molecule has 0 radical (unpaired) electrons. The van der Waals surface area contributed by atoms with Gasteiger partial charge in [-0.1, -0.05) is 25.0 Å². The molecule has 2 heterocycles. The first-order valence-corrected chi connectivity index (χ1v) is 10.7. The fraction of sp³-hybridized carbons (Fsp3) is 0.391. The Bertz CT molecular complexity index is 1030. The average molecular weight is 438 g/mol. The van der Waals surface area contributed by atoms with E-state index in [9.17, 15) is 19.2 Å². The zero-order chi connectivity index (χ0) is 22.7. The standard InChI is InChI=1S/C23H26N4O5/c1-15(27-21(30)23(26-22(27)31)9-2-3-10-23)19(28)24-13-16-6-4-7-17(12-16)20(29)25-14-18-8-5-11-32-18/h4-8,11-12,15H,2-3,9-10,13-14H2,1H3,(H,24,28)(H,25,29)(H,26,31). The van der Waals surface area contributed by atoms with Gasteiger partial charge in [0.2, 0.25) is 5.91 Å². The molecular weight excluding hydrogens is 412 g/mol. The molecule has 5 amide bonds. The molecule has 1 aliphatic heterocycles. The Morgan fingerprint density at radius 1 is 1.12 bits per heavy atom. The van der Waals surface area contributed by atoms with Gasteiger partial charge in [-0.3, -0.25) is 14.4 Å². The summed E-state index contributed by atoms with van der Waals surface area (Å²) in [7, 11) is 0. The van der Waals surface area contributed by atoms with Crippen LogP contribution < -0.4 is 16.0 Å². The van der Waals surface area contributed by atoms with Crippen LogP contribution in [0, 0.1) is 0 Å². The largest absolute Gasteiger partial charge is 0.467 e. The summed E-state index contributed by atoms with van der Waals surface area (Å²) >= 11 is 0. The summed E-state index contributed by atoms with van der Waals surface area (Å²) < 4.78 is 5.20. The summed E-state index contributed by atoms with van der Waals surface area (Å²) in [6.07, 6.45) is 4.52. The molecule has 2 aliphatic rings. The molecule has 1 unspecified atom stereocenters. The first kappa shape index (κ1) is 21.6. The maximum atomic E-state index is 12.8. The minimum Gasteiger partial charge on any atom is -0.467 e. The number of nitrogens with zero attached hydrogens (tertiary/aromatic N) is 1. The van der Waals surface area contributed by atoms with Crippen LogP contribution in [-0.4, -0.2) is 40.2 Å². The predicted molar refractivity (Wildman–Crippen MR) is 114 cm³/mol. The van der Waals surface area contributed by atoms with E-state index in [1.165, 1.54) is 0 Å². The van der Waals surface area contributed by atoms with Gasteiger partial charge in [0, 0.05) is 12.1 Å². The highest BCUT2D eigenvalue weighted by atomic mass is 16.3. The SMILES string of the molecule is CC(C(=O)NCc1cccc(C(=O)NCc2ccco2)c1)N1C(=O)NC2(CCCC2)C1=O. The molecule has 0 bridgehead atoms. The second-order valence-electron chi connectivity index (χ2n) is 8.25. The Hall–Kier alpha value is -3.62. The number of rotatable bonds is 7. The van der Waals surface area contributed by atoms with E-state index in [1.54, 1.807) is 49.6 Å². The first-order valence-electron chi connectivity index (χ1n) is 10.7. The van der Waals surface area contributed by atoms with Gasteiger partial charge in [-0.05, 0) is 49.6 Å². The number of nitrogens with one attached hydrogen (secondary N) is 3. The van der Waals surface area contributed by atoms with Gasteiger partial charge in [0.25, 0.3) is 11.8 Å². The number of hydrogen-bond acceptors (Lipinski definition) is 5. The monoisotopic (exact) mass is 438 g/mol. The third-order valence-corrected chi connectivity index (χ3v) is 6.08. The van der Waals surface area contributed by atoms with E-state index in [0.717, 1.165) is 23.3 Å². The van der Waals surface area contributed by atoms with Crippen LogP contribution in [0.1, 0.15) is 54.3 Å². The number of hydrogen-bond donors (Lipinski definition) is 3. The molecule has 168 valence electrons. The number of imide groups is 1. The van der Waals surface area contributed by atoms with Gasteiger partial charge in [-0.15, -0.1) is 0 Å². The van der Waals surface area contributed by atoms with Crippen molar-refractivity contribution in [3.8, 4) is 0 Å². The first-order chi connectivity index (χ1) is 15.4. The molecule has 1 aromatic heterocycles. The van der Waals surface area contributed by atoms with E-state index in [2.05, 4.69) is 16.0 Å². The molecule has 3 N–H and O–H groups in total. The summed E-state index contributed by atoms with van der Waals surface area (Å²) in [5, 5.41) is 8.32. The maximum Gasteiger partial charge on any atom is 0.325 e. The molecule has 32 heavy (non-hydrogen) atoms. The summed E-state index contributed by atoms with van der Waals surface area (Å²) in [5.74, 6) is -0.367. The van der Waals surface area contributed by atoms with Gasteiger partial charge in [-0.2, -0.15) is 0 Å². The summed E-state index contributed by atoms with van der Waals surface area (Å²) in [5.41, 5.74) is 0.331. The van der Waals surface area contributed by atoms with Crippen molar-refractivity contribution >= 4 is 23.8 Å². The Labute approximate surface area is 185 Å². The number of benzene rings is 1. The molecule has 1 aliphatic carbocycles. The van der Waals surface area contributed by atoms with Crippen LogP contribution in [-0.2, 0) is 22.7 Å². The van der Waals surface area contributed by atoms with Crippen LogP contribution in [0.25, 0.3) is 0 Å². The molecule has 9 nitrogen and oxygen atoms in total. The molecule has 1 aromatic carbocycles. The van der Waals surface area contributed by atoms with Gasteiger partial charge in [-0.25, -0.2) is 9.69 Å². The van der Waals surface area contributed by atoms with Crippen molar-refractivity contribution < 1.29 is 23.6 Å². The number of amides is 5. The summed E-state index contributed by atoms with van der Waals surface area (Å²) in [4.78, 5) is 51.3. The van der Waals surface area contributed by atoms with Crippen molar-refractivity contribution in [2.75, 3.05) is 0 Å². The number of carbonyl (C=O) groups is 4. The average Bonchev–Trinajstić information content (AvgIpc) is 3.53. The molecule has 4 rings (SSSR count). The van der Waals surface area contributed by atoms with Crippen LogP contribution in [0.2, 0.25) is 0 Å². The van der Waals surface area contributed by atoms with Gasteiger partial charge >= 0.3 is 6.03 Å². The molecule has 1 atom stereocenters. The van der Waals surface area contributed by atoms with Crippen molar-refractivity contribution in [1.82, 2.24) is 20.9 Å². The van der Waals surface area contributed by atoms with Crippen LogP contribution >= 0.6 is 0 Å².